The molecule has 1 aromatic carbocycles. The summed E-state index contributed by atoms with van der Waals surface area (Å²) in [5.41, 5.74) is 5.58. The Balaban J connectivity index is 2.28. The van der Waals surface area contributed by atoms with Crippen LogP contribution in [0.4, 0.5) is 0 Å². The summed E-state index contributed by atoms with van der Waals surface area (Å²) in [7, 11) is 0. The number of imidazole rings is 1. The fraction of sp³-hybridized carbons (Fsp3) is 0.111. The third-order valence-corrected chi connectivity index (χ3v) is 3.59. The van der Waals surface area contributed by atoms with Gasteiger partial charge >= 0.3 is 5.97 Å². The fourth-order valence-electron chi connectivity index (χ4n) is 2.46. The van der Waals surface area contributed by atoms with Crippen LogP contribution in [0.3, 0.4) is 0 Å². The van der Waals surface area contributed by atoms with E-state index in [9.17, 15) is 4.79 Å². The lowest BCUT2D eigenvalue weighted by Gasteiger charge is -2.01. The fourth-order valence-corrected chi connectivity index (χ4v) is 2.46. The number of carboxylic acid groups (broad SMARTS) is 1. The first-order valence-corrected chi connectivity index (χ1v) is 7.02. The van der Waals surface area contributed by atoms with Gasteiger partial charge in [-0.15, -0.1) is 0 Å². The van der Waals surface area contributed by atoms with Crippen molar-refractivity contribution in [2.45, 2.75) is 13.8 Å². The molecule has 0 radical (unpaired) electrons. The second-order valence-electron chi connectivity index (χ2n) is 5.27. The number of benzene rings is 1. The van der Waals surface area contributed by atoms with Crippen LogP contribution in [0.2, 0.25) is 0 Å². The molecule has 2 aromatic heterocycles. The Morgan fingerprint density at radius 2 is 1.91 bits per heavy atom. The van der Waals surface area contributed by atoms with Gasteiger partial charge in [-0.1, -0.05) is 35.9 Å². The van der Waals surface area contributed by atoms with Crippen LogP contribution in [0.15, 0.2) is 48.7 Å². The second kappa shape index (κ2) is 5.48. The maximum atomic E-state index is 10.9. The predicted molar refractivity (Wildman–Crippen MR) is 86.8 cm³/mol. The molecular formula is C18H16N2O2. The molecule has 110 valence electrons. The Morgan fingerprint density at radius 3 is 2.59 bits per heavy atom. The number of aliphatic carboxylic acids is 1. The van der Waals surface area contributed by atoms with E-state index in [2.05, 4.69) is 0 Å². The monoisotopic (exact) mass is 292 g/mol. The molecule has 0 unspecified atom stereocenters. The summed E-state index contributed by atoms with van der Waals surface area (Å²) < 4.78 is 1.92. The molecule has 0 fully saturated rings. The topological polar surface area (TPSA) is 54.6 Å². The average Bonchev–Trinajstić information content (AvgIpc) is 2.86. The van der Waals surface area contributed by atoms with Gasteiger partial charge in [-0.25, -0.2) is 9.78 Å². The van der Waals surface area contributed by atoms with Crippen molar-refractivity contribution < 1.29 is 9.90 Å². The van der Waals surface area contributed by atoms with Gasteiger partial charge in [0.1, 0.15) is 5.65 Å². The molecule has 0 saturated carbocycles. The summed E-state index contributed by atoms with van der Waals surface area (Å²) in [5, 5.41) is 8.92. The van der Waals surface area contributed by atoms with Crippen molar-refractivity contribution in [3.63, 3.8) is 0 Å². The van der Waals surface area contributed by atoms with E-state index in [4.69, 9.17) is 10.1 Å². The van der Waals surface area contributed by atoms with Crippen LogP contribution in [-0.2, 0) is 4.79 Å². The molecule has 0 amide bonds. The van der Waals surface area contributed by atoms with E-state index >= 15 is 0 Å². The highest BCUT2D eigenvalue weighted by Gasteiger charge is 2.13. The van der Waals surface area contributed by atoms with Crippen LogP contribution in [0.1, 0.15) is 16.8 Å². The van der Waals surface area contributed by atoms with Crippen LogP contribution >= 0.6 is 0 Å². The van der Waals surface area contributed by atoms with Crippen molar-refractivity contribution in [2.75, 3.05) is 0 Å². The zero-order chi connectivity index (χ0) is 15.7. The summed E-state index contributed by atoms with van der Waals surface area (Å²) in [6, 6.07) is 12.0. The molecule has 4 nitrogen and oxygen atoms in total. The van der Waals surface area contributed by atoms with Gasteiger partial charge < -0.3 is 5.11 Å². The van der Waals surface area contributed by atoms with Crippen LogP contribution < -0.4 is 0 Å². The highest BCUT2D eigenvalue weighted by molar-refractivity contribution is 5.87. The summed E-state index contributed by atoms with van der Waals surface area (Å²) in [5.74, 6) is -0.975. The highest BCUT2D eigenvalue weighted by atomic mass is 16.4. The van der Waals surface area contributed by atoms with E-state index in [1.165, 1.54) is 5.56 Å². The molecular weight excluding hydrogens is 276 g/mol. The van der Waals surface area contributed by atoms with E-state index in [-0.39, 0.29) is 0 Å². The number of nitrogens with zero attached hydrogens (tertiary/aromatic N) is 2. The second-order valence-corrected chi connectivity index (χ2v) is 5.27. The number of hydrogen-bond donors (Lipinski definition) is 1. The van der Waals surface area contributed by atoms with Gasteiger partial charge in [0.15, 0.2) is 0 Å². The molecule has 0 atom stereocenters. The summed E-state index contributed by atoms with van der Waals surface area (Å²) in [6.45, 7) is 4.02. The lowest BCUT2D eigenvalue weighted by molar-refractivity contribution is -0.131. The van der Waals surface area contributed by atoms with Gasteiger partial charge in [-0.3, -0.25) is 4.40 Å². The summed E-state index contributed by atoms with van der Waals surface area (Å²) >= 11 is 0. The Labute approximate surface area is 128 Å². The van der Waals surface area contributed by atoms with E-state index in [1.807, 2.05) is 60.8 Å². The molecule has 4 heteroatoms. The van der Waals surface area contributed by atoms with Crippen LogP contribution in [0.25, 0.3) is 23.0 Å². The molecule has 0 aliphatic heterocycles. The Morgan fingerprint density at radius 1 is 1.18 bits per heavy atom. The minimum absolute atomic E-state index is 0.768. The van der Waals surface area contributed by atoms with Crippen LogP contribution in [-0.4, -0.2) is 20.5 Å². The molecule has 1 N–H and O–H groups in total. The number of carboxylic acids is 1. The Hall–Kier alpha value is -2.88. The largest absolute Gasteiger partial charge is 0.478 e. The van der Waals surface area contributed by atoms with Crippen molar-refractivity contribution in [3.8, 4) is 11.3 Å². The third-order valence-electron chi connectivity index (χ3n) is 3.59. The number of carbonyl (C=O) groups is 1. The summed E-state index contributed by atoms with van der Waals surface area (Å²) in [6.07, 6.45) is 4.63. The summed E-state index contributed by atoms with van der Waals surface area (Å²) in [4.78, 5) is 15.6. The van der Waals surface area contributed by atoms with Gasteiger partial charge in [0.25, 0.3) is 0 Å². The molecule has 2 heterocycles. The molecule has 3 aromatic rings. The standard InChI is InChI=1S/C18H16N2O2/c1-12-5-7-14(8-6-12)17-15(9-10-16(21)22)20-11-3-4-13(2)18(20)19-17/h3-11H,1-2H3,(H,21,22). The molecule has 0 bridgehead atoms. The quantitative estimate of drug-likeness (QED) is 0.749. The smallest absolute Gasteiger partial charge is 0.328 e. The number of pyridine rings is 1. The predicted octanol–water partition coefficient (Wildman–Crippen LogP) is 3.72. The Kier molecular flexibility index (Phi) is 3.51. The van der Waals surface area contributed by atoms with E-state index in [0.717, 1.165) is 34.2 Å². The maximum absolute atomic E-state index is 10.9. The van der Waals surface area contributed by atoms with Crippen LogP contribution in [0, 0.1) is 13.8 Å². The number of hydrogen-bond acceptors (Lipinski definition) is 2. The minimum atomic E-state index is -0.975. The Bertz CT molecular complexity index is 874. The first-order valence-electron chi connectivity index (χ1n) is 7.02. The number of aryl methyl sites for hydroxylation is 2. The normalized spacial score (nSPS) is 11.4. The molecule has 22 heavy (non-hydrogen) atoms. The molecule has 0 spiro atoms. The zero-order valence-electron chi connectivity index (χ0n) is 12.4. The zero-order valence-corrected chi connectivity index (χ0v) is 12.4. The van der Waals surface area contributed by atoms with Gasteiger partial charge in [0.2, 0.25) is 0 Å². The SMILES string of the molecule is Cc1ccc(-c2nc3c(C)cccn3c2C=CC(=O)O)cc1. The van der Waals surface area contributed by atoms with Gasteiger partial charge in [-0.05, 0) is 31.6 Å². The van der Waals surface area contributed by atoms with Crippen LogP contribution in [0.5, 0.6) is 0 Å². The van der Waals surface area contributed by atoms with E-state index in [0.29, 0.717) is 0 Å². The first kappa shape index (κ1) is 14.1. The van der Waals surface area contributed by atoms with Crippen molar-refractivity contribution in [2.24, 2.45) is 0 Å². The van der Waals surface area contributed by atoms with E-state index in [1.54, 1.807) is 6.08 Å². The maximum Gasteiger partial charge on any atom is 0.328 e. The highest BCUT2D eigenvalue weighted by Crippen LogP contribution is 2.27. The minimum Gasteiger partial charge on any atom is -0.478 e. The van der Waals surface area contributed by atoms with Gasteiger partial charge in [0.05, 0.1) is 11.4 Å². The van der Waals surface area contributed by atoms with Crippen molar-refractivity contribution in [1.29, 1.82) is 0 Å². The number of fused-ring (bicyclic) bond motifs is 1. The molecule has 0 saturated heterocycles. The van der Waals surface area contributed by atoms with Crippen molar-refractivity contribution in [3.05, 3.63) is 65.5 Å². The third kappa shape index (κ3) is 2.51. The van der Waals surface area contributed by atoms with Gasteiger partial charge in [0, 0.05) is 17.8 Å². The molecule has 0 aliphatic rings. The van der Waals surface area contributed by atoms with E-state index < -0.39 is 5.97 Å². The van der Waals surface area contributed by atoms with Crippen molar-refractivity contribution >= 4 is 17.7 Å². The number of rotatable bonds is 3. The van der Waals surface area contributed by atoms with Crippen molar-refractivity contribution in [1.82, 2.24) is 9.38 Å². The number of aromatic nitrogens is 2. The first-order chi connectivity index (χ1) is 10.6. The lowest BCUT2D eigenvalue weighted by atomic mass is 10.1. The molecule has 0 aliphatic carbocycles. The molecule has 3 rings (SSSR count). The van der Waals surface area contributed by atoms with Gasteiger partial charge in [-0.2, -0.15) is 0 Å². The average molecular weight is 292 g/mol. The lowest BCUT2D eigenvalue weighted by Crippen LogP contribution is -1.91.